The Morgan fingerprint density at radius 3 is 2.38 bits per heavy atom. The van der Waals surface area contributed by atoms with Crippen molar-refractivity contribution in [3.05, 3.63) is 15.9 Å². The van der Waals surface area contributed by atoms with Gasteiger partial charge in [0.05, 0.1) is 16.8 Å². The molecule has 0 atom stereocenters. The Morgan fingerprint density at radius 2 is 1.85 bits per heavy atom. The average Bonchev–Trinajstić information content (AvgIpc) is 3.39. The highest BCUT2D eigenvalue weighted by molar-refractivity contribution is 9.10. The Hall–Kier alpha value is -1.71. The molecular weight excluding hydrogens is 414 g/mol. The number of carbonyl (C=O) groups excluding carboxylic acids is 2. The number of carbonyl (C=O) groups is 2. The van der Waals surface area contributed by atoms with Crippen molar-refractivity contribution in [2.24, 2.45) is 0 Å². The van der Waals surface area contributed by atoms with E-state index in [1.807, 2.05) is 0 Å². The van der Waals surface area contributed by atoms with E-state index in [1.54, 1.807) is 16.7 Å². The standard InChI is InChI=1S/C16H21BrF2N4O3/c1-2-26-16(25)22-7-5-21(6-8-22)11(24)9-23-14(10-3-4-10)12(17)13(20-23)15(18)19/h10,15H,2-9H2,1H3. The quantitative estimate of drug-likeness (QED) is 0.714. The highest BCUT2D eigenvalue weighted by Crippen LogP contribution is 2.45. The largest absolute Gasteiger partial charge is 0.450 e. The molecule has 7 nitrogen and oxygen atoms in total. The molecule has 1 aromatic rings. The molecule has 2 amide bonds. The lowest BCUT2D eigenvalue weighted by Gasteiger charge is -2.34. The molecule has 3 rings (SSSR count). The Labute approximate surface area is 158 Å². The first-order chi connectivity index (χ1) is 12.4. The van der Waals surface area contributed by atoms with Crippen molar-refractivity contribution in [3.8, 4) is 0 Å². The number of piperazine rings is 1. The van der Waals surface area contributed by atoms with Gasteiger partial charge in [-0.15, -0.1) is 0 Å². The molecule has 1 aliphatic carbocycles. The summed E-state index contributed by atoms with van der Waals surface area (Å²) >= 11 is 3.22. The third-order valence-electron chi connectivity index (χ3n) is 4.57. The number of aromatic nitrogens is 2. The molecule has 1 saturated heterocycles. The van der Waals surface area contributed by atoms with E-state index in [2.05, 4.69) is 21.0 Å². The third kappa shape index (κ3) is 3.99. The van der Waals surface area contributed by atoms with Crippen molar-refractivity contribution in [1.82, 2.24) is 19.6 Å². The van der Waals surface area contributed by atoms with Gasteiger partial charge in [0.25, 0.3) is 6.43 Å². The second-order valence-electron chi connectivity index (χ2n) is 6.38. The lowest BCUT2D eigenvalue weighted by atomic mass is 10.2. The lowest BCUT2D eigenvalue weighted by molar-refractivity contribution is -0.133. The van der Waals surface area contributed by atoms with Crippen molar-refractivity contribution in [2.75, 3.05) is 32.8 Å². The van der Waals surface area contributed by atoms with Gasteiger partial charge in [-0.1, -0.05) is 0 Å². The van der Waals surface area contributed by atoms with Crippen LogP contribution in [0, 0.1) is 0 Å². The van der Waals surface area contributed by atoms with Crippen LogP contribution in [0.3, 0.4) is 0 Å². The first-order valence-electron chi connectivity index (χ1n) is 8.66. The van der Waals surface area contributed by atoms with Gasteiger partial charge >= 0.3 is 6.09 Å². The molecule has 2 aliphatic rings. The van der Waals surface area contributed by atoms with Crippen molar-refractivity contribution >= 4 is 27.9 Å². The zero-order valence-corrected chi connectivity index (χ0v) is 16.0. The van der Waals surface area contributed by atoms with E-state index in [9.17, 15) is 18.4 Å². The van der Waals surface area contributed by atoms with Gasteiger partial charge in [-0.25, -0.2) is 13.6 Å². The highest BCUT2D eigenvalue weighted by Gasteiger charge is 2.35. The van der Waals surface area contributed by atoms with Gasteiger partial charge in [0.1, 0.15) is 12.2 Å². The van der Waals surface area contributed by atoms with Crippen LogP contribution >= 0.6 is 15.9 Å². The Morgan fingerprint density at radius 1 is 1.23 bits per heavy atom. The van der Waals surface area contributed by atoms with Crippen molar-refractivity contribution in [1.29, 1.82) is 0 Å². The van der Waals surface area contributed by atoms with Gasteiger partial charge in [-0.2, -0.15) is 5.10 Å². The average molecular weight is 435 g/mol. The molecule has 26 heavy (non-hydrogen) atoms. The minimum absolute atomic E-state index is 0.0729. The summed E-state index contributed by atoms with van der Waals surface area (Å²) in [6.45, 7) is 3.54. The first kappa shape index (κ1) is 19.1. The zero-order valence-electron chi connectivity index (χ0n) is 14.5. The van der Waals surface area contributed by atoms with Crippen molar-refractivity contribution in [3.63, 3.8) is 0 Å². The fourth-order valence-corrected chi connectivity index (χ4v) is 3.84. The molecule has 10 heteroatoms. The maximum atomic E-state index is 13.1. The molecule has 1 saturated carbocycles. The predicted octanol–water partition coefficient (Wildman–Crippen LogP) is 2.76. The molecule has 0 bridgehead atoms. The molecule has 1 aromatic heterocycles. The SMILES string of the molecule is CCOC(=O)N1CCN(C(=O)Cn2nc(C(F)F)c(Br)c2C2CC2)CC1. The van der Waals surface area contributed by atoms with Crippen LogP contribution in [0.5, 0.6) is 0 Å². The summed E-state index contributed by atoms with van der Waals surface area (Å²) in [5.74, 6) is -0.0101. The van der Waals surface area contributed by atoms with Crippen LogP contribution in [-0.2, 0) is 16.1 Å². The fourth-order valence-electron chi connectivity index (χ4n) is 3.06. The zero-order chi connectivity index (χ0) is 18.8. The van der Waals surface area contributed by atoms with Gasteiger partial charge in [0.2, 0.25) is 5.91 Å². The topological polar surface area (TPSA) is 67.7 Å². The van der Waals surface area contributed by atoms with Crippen LogP contribution < -0.4 is 0 Å². The number of alkyl halides is 2. The fraction of sp³-hybridized carbons (Fsp3) is 0.688. The summed E-state index contributed by atoms with van der Waals surface area (Å²) in [4.78, 5) is 27.5. The van der Waals surface area contributed by atoms with Gasteiger partial charge < -0.3 is 14.5 Å². The maximum Gasteiger partial charge on any atom is 0.409 e. The second-order valence-corrected chi connectivity index (χ2v) is 7.18. The lowest BCUT2D eigenvalue weighted by Crippen LogP contribution is -2.51. The molecule has 0 radical (unpaired) electrons. The molecule has 0 unspecified atom stereocenters. The highest BCUT2D eigenvalue weighted by atomic mass is 79.9. The number of amides is 2. The number of halogens is 3. The summed E-state index contributed by atoms with van der Waals surface area (Å²) in [6.07, 6.45) is -1.24. The molecule has 144 valence electrons. The molecule has 0 spiro atoms. The molecule has 2 heterocycles. The maximum absolute atomic E-state index is 13.1. The number of rotatable bonds is 5. The number of nitrogens with zero attached hydrogens (tertiary/aromatic N) is 4. The van der Waals surface area contributed by atoms with Crippen LogP contribution in [0.25, 0.3) is 0 Å². The second kappa shape index (κ2) is 7.89. The van der Waals surface area contributed by atoms with E-state index in [0.29, 0.717) is 43.0 Å². The van der Waals surface area contributed by atoms with Gasteiger partial charge in [0, 0.05) is 32.1 Å². The smallest absolute Gasteiger partial charge is 0.409 e. The van der Waals surface area contributed by atoms with E-state index < -0.39 is 6.43 Å². The molecular formula is C16H21BrF2N4O3. The Bertz CT molecular complexity index is 685. The van der Waals surface area contributed by atoms with Crippen LogP contribution in [-0.4, -0.2) is 64.4 Å². The van der Waals surface area contributed by atoms with Crippen LogP contribution in [0.1, 0.15) is 43.5 Å². The van der Waals surface area contributed by atoms with Gasteiger partial charge in [-0.3, -0.25) is 9.48 Å². The minimum Gasteiger partial charge on any atom is -0.450 e. The summed E-state index contributed by atoms with van der Waals surface area (Å²) < 4.78 is 32.9. The molecule has 2 fully saturated rings. The number of hydrogen-bond acceptors (Lipinski definition) is 4. The summed E-state index contributed by atoms with van der Waals surface area (Å²) in [5, 5.41) is 3.96. The van der Waals surface area contributed by atoms with Crippen molar-refractivity contribution in [2.45, 2.75) is 38.7 Å². The van der Waals surface area contributed by atoms with Crippen LogP contribution in [0.2, 0.25) is 0 Å². The monoisotopic (exact) mass is 434 g/mol. The molecule has 0 N–H and O–H groups in total. The molecule has 1 aliphatic heterocycles. The van der Waals surface area contributed by atoms with E-state index in [0.717, 1.165) is 12.8 Å². The first-order valence-corrected chi connectivity index (χ1v) is 9.45. The van der Waals surface area contributed by atoms with Crippen LogP contribution in [0.15, 0.2) is 4.47 Å². The Balaban J connectivity index is 1.64. The number of ether oxygens (including phenoxy) is 1. The van der Waals surface area contributed by atoms with Crippen LogP contribution in [0.4, 0.5) is 13.6 Å². The predicted molar refractivity (Wildman–Crippen MR) is 92.0 cm³/mol. The summed E-state index contributed by atoms with van der Waals surface area (Å²) in [7, 11) is 0. The number of hydrogen-bond donors (Lipinski definition) is 0. The Kier molecular flexibility index (Phi) is 5.79. The van der Waals surface area contributed by atoms with E-state index in [4.69, 9.17) is 4.74 Å². The third-order valence-corrected chi connectivity index (χ3v) is 5.38. The van der Waals surface area contributed by atoms with E-state index >= 15 is 0 Å². The molecule has 0 aromatic carbocycles. The van der Waals surface area contributed by atoms with Gasteiger partial charge in [0.15, 0.2) is 0 Å². The normalized spacial score (nSPS) is 17.7. The van der Waals surface area contributed by atoms with Crippen molar-refractivity contribution < 1.29 is 23.1 Å². The summed E-state index contributed by atoms with van der Waals surface area (Å²) in [5.41, 5.74) is 0.366. The van der Waals surface area contributed by atoms with E-state index in [-0.39, 0.29) is 30.2 Å². The van der Waals surface area contributed by atoms with E-state index in [1.165, 1.54) is 4.68 Å². The van der Waals surface area contributed by atoms with Gasteiger partial charge in [-0.05, 0) is 35.7 Å². The minimum atomic E-state index is -2.69. The summed E-state index contributed by atoms with van der Waals surface area (Å²) in [6, 6.07) is 0.